The second-order valence-electron chi connectivity index (χ2n) is 6.75. The Morgan fingerprint density at radius 3 is 2.41 bits per heavy atom. The van der Waals surface area contributed by atoms with Crippen molar-refractivity contribution in [3.63, 3.8) is 0 Å². The zero-order valence-corrected chi connectivity index (χ0v) is 15.3. The van der Waals surface area contributed by atoms with Gasteiger partial charge >= 0.3 is 6.09 Å². The van der Waals surface area contributed by atoms with Crippen molar-refractivity contribution >= 4 is 17.7 Å². The molecule has 6 nitrogen and oxygen atoms in total. The van der Waals surface area contributed by atoms with Gasteiger partial charge in [-0.25, -0.2) is 4.79 Å². The lowest BCUT2D eigenvalue weighted by molar-refractivity contribution is -0.117. The van der Waals surface area contributed by atoms with E-state index >= 15 is 0 Å². The highest BCUT2D eigenvalue weighted by molar-refractivity contribution is 5.78. The first kappa shape index (κ1) is 18.8. The van der Waals surface area contributed by atoms with E-state index in [0.29, 0.717) is 19.7 Å². The summed E-state index contributed by atoms with van der Waals surface area (Å²) in [6.45, 7) is 1.57. The van der Waals surface area contributed by atoms with Crippen LogP contribution in [0.3, 0.4) is 0 Å². The number of amides is 2. The lowest BCUT2D eigenvalue weighted by Crippen LogP contribution is -2.42. The second kappa shape index (κ2) is 9.07. The van der Waals surface area contributed by atoms with Gasteiger partial charge in [0.2, 0.25) is 5.91 Å². The highest BCUT2D eigenvalue weighted by Crippen LogP contribution is 2.21. The number of benzene rings is 2. The van der Waals surface area contributed by atoms with Crippen molar-refractivity contribution in [2.75, 3.05) is 18.4 Å². The van der Waals surface area contributed by atoms with Gasteiger partial charge in [0.25, 0.3) is 0 Å². The lowest BCUT2D eigenvalue weighted by atomic mass is 10.0. The Balaban J connectivity index is 1.48. The standard InChI is InChI=1S/C21H25N3O3/c22-20(25)14-17-8-4-5-9-19(17)23-18-10-12-24(13-11-18)21(26)27-15-16-6-2-1-3-7-16/h1-9,18,23H,10-15H2,(H2,22,25). The third-order valence-corrected chi connectivity index (χ3v) is 4.70. The van der Waals surface area contributed by atoms with Gasteiger partial charge in [0.15, 0.2) is 0 Å². The zero-order valence-electron chi connectivity index (χ0n) is 15.3. The van der Waals surface area contributed by atoms with Crippen molar-refractivity contribution in [1.82, 2.24) is 4.90 Å². The molecule has 0 aromatic heterocycles. The molecular weight excluding hydrogens is 342 g/mol. The molecule has 0 unspecified atom stereocenters. The van der Waals surface area contributed by atoms with Crippen molar-refractivity contribution in [3.8, 4) is 0 Å². The SMILES string of the molecule is NC(=O)Cc1ccccc1NC1CCN(C(=O)OCc2ccccc2)CC1. The van der Waals surface area contributed by atoms with Gasteiger partial charge in [0.1, 0.15) is 6.61 Å². The molecule has 0 aliphatic carbocycles. The summed E-state index contributed by atoms with van der Waals surface area (Å²) in [7, 11) is 0. The van der Waals surface area contributed by atoms with Gasteiger partial charge in [-0.1, -0.05) is 48.5 Å². The molecule has 1 aliphatic heterocycles. The van der Waals surface area contributed by atoms with Gasteiger partial charge in [-0.3, -0.25) is 4.79 Å². The number of piperidine rings is 1. The Morgan fingerprint density at radius 2 is 1.70 bits per heavy atom. The molecule has 1 heterocycles. The summed E-state index contributed by atoms with van der Waals surface area (Å²) in [4.78, 5) is 25.2. The summed E-state index contributed by atoms with van der Waals surface area (Å²) in [5.74, 6) is -0.347. The second-order valence-corrected chi connectivity index (χ2v) is 6.75. The van der Waals surface area contributed by atoms with Crippen molar-refractivity contribution in [2.24, 2.45) is 5.73 Å². The summed E-state index contributed by atoms with van der Waals surface area (Å²) in [5.41, 5.74) is 8.13. The summed E-state index contributed by atoms with van der Waals surface area (Å²) in [6.07, 6.45) is 1.59. The van der Waals surface area contributed by atoms with Crippen LogP contribution in [0, 0.1) is 0 Å². The number of primary amides is 1. The van der Waals surface area contributed by atoms with Crippen molar-refractivity contribution in [1.29, 1.82) is 0 Å². The maximum Gasteiger partial charge on any atom is 0.410 e. The van der Waals surface area contributed by atoms with Crippen LogP contribution in [-0.2, 0) is 22.6 Å². The molecule has 0 atom stereocenters. The van der Waals surface area contributed by atoms with Crippen LogP contribution in [0.2, 0.25) is 0 Å². The molecule has 2 amide bonds. The molecule has 1 fully saturated rings. The van der Waals surface area contributed by atoms with Gasteiger partial charge in [0.05, 0.1) is 6.42 Å². The van der Waals surface area contributed by atoms with E-state index in [-0.39, 0.29) is 24.5 Å². The van der Waals surface area contributed by atoms with E-state index in [1.807, 2.05) is 54.6 Å². The Bertz CT molecular complexity index is 771. The Kier molecular flexibility index (Phi) is 6.30. The highest BCUT2D eigenvalue weighted by atomic mass is 16.6. The van der Waals surface area contributed by atoms with E-state index in [1.165, 1.54) is 0 Å². The number of carbonyl (C=O) groups excluding carboxylic acids is 2. The number of nitrogens with two attached hydrogens (primary N) is 1. The molecule has 3 rings (SSSR count). The lowest BCUT2D eigenvalue weighted by Gasteiger charge is -2.32. The predicted octanol–water partition coefficient (Wildman–Crippen LogP) is 2.93. The topological polar surface area (TPSA) is 84.7 Å². The molecule has 2 aromatic carbocycles. The number of para-hydroxylation sites is 1. The first-order valence-corrected chi connectivity index (χ1v) is 9.20. The summed E-state index contributed by atoms with van der Waals surface area (Å²) < 4.78 is 5.40. The van der Waals surface area contributed by atoms with Gasteiger partial charge in [-0.05, 0) is 30.0 Å². The van der Waals surface area contributed by atoms with Gasteiger partial charge in [0, 0.05) is 24.8 Å². The third kappa shape index (κ3) is 5.48. The number of ether oxygens (including phenoxy) is 1. The zero-order chi connectivity index (χ0) is 19.1. The van der Waals surface area contributed by atoms with Crippen molar-refractivity contribution < 1.29 is 14.3 Å². The number of nitrogens with one attached hydrogen (secondary N) is 1. The Labute approximate surface area is 159 Å². The number of hydrogen-bond acceptors (Lipinski definition) is 4. The number of anilines is 1. The molecule has 1 aliphatic rings. The smallest absolute Gasteiger partial charge is 0.410 e. The minimum absolute atomic E-state index is 0.216. The largest absolute Gasteiger partial charge is 0.445 e. The van der Waals surface area contributed by atoms with E-state index in [2.05, 4.69) is 5.32 Å². The third-order valence-electron chi connectivity index (χ3n) is 4.70. The maximum atomic E-state index is 12.2. The van der Waals surface area contributed by atoms with Gasteiger partial charge in [-0.2, -0.15) is 0 Å². The van der Waals surface area contributed by atoms with Crippen LogP contribution in [0.4, 0.5) is 10.5 Å². The fourth-order valence-electron chi connectivity index (χ4n) is 3.24. The molecular formula is C21H25N3O3. The molecule has 3 N–H and O–H groups in total. The van der Waals surface area contributed by atoms with E-state index in [0.717, 1.165) is 29.7 Å². The monoisotopic (exact) mass is 367 g/mol. The number of nitrogens with zero attached hydrogens (tertiary/aromatic N) is 1. The average Bonchev–Trinajstić information content (AvgIpc) is 2.69. The van der Waals surface area contributed by atoms with Gasteiger partial charge < -0.3 is 20.7 Å². The van der Waals surface area contributed by atoms with E-state index in [1.54, 1.807) is 4.90 Å². The number of hydrogen-bond donors (Lipinski definition) is 2. The van der Waals surface area contributed by atoms with E-state index in [4.69, 9.17) is 10.5 Å². The number of carbonyl (C=O) groups is 2. The summed E-state index contributed by atoms with van der Waals surface area (Å²) >= 11 is 0. The first-order valence-electron chi connectivity index (χ1n) is 9.20. The van der Waals surface area contributed by atoms with Gasteiger partial charge in [-0.15, -0.1) is 0 Å². The van der Waals surface area contributed by atoms with Crippen LogP contribution in [0.5, 0.6) is 0 Å². The molecule has 0 radical (unpaired) electrons. The normalized spacial score (nSPS) is 14.6. The average molecular weight is 367 g/mol. The van der Waals surface area contributed by atoms with Crippen LogP contribution in [0.15, 0.2) is 54.6 Å². The minimum Gasteiger partial charge on any atom is -0.445 e. The van der Waals surface area contributed by atoms with Crippen LogP contribution < -0.4 is 11.1 Å². The fraction of sp³-hybridized carbons (Fsp3) is 0.333. The summed E-state index contributed by atoms with van der Waals surface area (Å²) in [5, 5.41) is 3.49. The van der Waals surface area contributed by atoms with E-state index < -0.39 is 0 Å². The maximum absolute atomic E-state index is 12.2. The van der Waals surface area contributed by atoms with E-state index in [9.17, 15) is 9.59 Å². The van der Waals surface area contributed by atoms with Crippen molar-refractivity contribution in [3.05, 3.63) is 65.7 Å². The highest BCUT2D eigenvalue weighted by Gasteiger charge is 2.24. The molecule has 0 spiro atoms. The molecule has 0 saturated carbocycles. The first-order chi connectivity index (χ1) is 13.1. The van der Waals surface area contributed by atoms with Crippen LogP contribution in [-0.4, -0.2) is 36.0 Å². The fourth-order valence-corrected chi connectivity index (χ4v) is 3.24. The quantitative estimate of drug-likeness (QED) is 0.822. The van der Waals surface area contributed by atoms with Crippen molar-refractivity contribution in [2.45, 2.75) is 31.9 Å². The Morgan fingerprint density at radius 1 is 1.04 bits per heavy atom. The number of rotatable bonds is 6. The molecule has 142 valence electrons. The molecule has 6 heteroatoms. The Hall–Kier alpha value is -3.02. The minimum atomic E-state index is -0.347. The predicted molar refractivity (Wildman–Crippen MR) is 104 cm³/mol. The molecule has 2 aromatic rings. The molecule has 0 bridgehead atoms. The summed E-state index contributed by atoms with van der Waals surface area (Å²) in [6, 6.07) is 17.6. The number of likely N-dealkylation sites (tertiary alicyclic amines) is 1. The molecule has 27 heavy (non-hydrogen) atoms. The van der Waals surface area contributed by atoms with Crippen LogP contribution in [0.1, 0.15) is 24.0 Å². The molecule has 1 saturated heterocycles. The van der Waals surface area contributed by atoms with Crippen LogP contribution in [0.25, 0.3) is 0 Å². The van der Waals surface area contributed by atoms with Crippen LogP contribution >= 0.6 is 0 Å².